The molecule has 2 aromatic heterocycles. The Morgan fingerprint density at radius 2 is 2.00 bits per heavy atom. The Hall–Kier alpha value is -3.41. The average molecular weight is 378 g/mol. The molecule has 1 aromatic carbocycles. The van der Waals surface area contributed by atoms with Crippen LogP contribution in [0.3, 0.4) is 0 Å². The van der Waals surface area contributed by atoms with Crippen molar-refractivity contribution in [3.05, 3.63) is 57.1 Å². The van der Waals surface area contributed by atoms with Gasteiger partial charge in [0.1, 0.15) is 29.9 Å². The Morgan fingerprint density at radius 3 is 2.67 bits per heavy atom. The maximum Gasteiger partial charge on any atom is 0.394 e. The summed E-state index contributed by atoms with van der Waals surface area (Å²) >= 11 is 0. The number of terminal acetylenes is 1. The van der Waals surface area contributed by atoms with Crippen LogP contribution in [-0.2, 0) is 13.5 Å². The molecular weight excluding hydrogens is 365 g/mol. The highest BCUT2D eigenvalue weighted by Gasteiger charge is 2.30. The van der Waals surface area contributed by atoms with Crippen molar-refractivity contribution >= 4 is 11.0 Å². The molecule has 0 atom stereocenters. The number of nitrogens with zero attached hydrogens (tertiary/aromatic N) is 2. The molecule has 27 heavy (non-hydrogen) atoms. The number of ether oxygens (including phenoxy) is 1. The zero-order chi connectivity index (χ0) is 19.8. The standard InChI is InChI=1S/C18H13F3N2O4/c1-3-6-26-12-4-5-15-13(8-12)14(10-27-15)23-16(24)7-11(9-18(19,20)21)22(2)17(23)25/h1,4-5,7-8,10H,6,9H2,2H3. The molecule has 0 radical (unpaired) electrons. The van der Waals surface area contributed by atoms with E-state index in [1.165, 1.54) is 19.4 Å². The minimum atomic E-state index is -4.55. The van der Waals surface area contributed by atoms with Crippen LogP contribution in [-0.4, -0.2) is 21.9 Å². The predicted molar refractivity (Wildman–Crippen MR) is 91.1 cm³/mol. The monoisotopic (exact) mass is 378 g/mol. The molecule has 0 saturated carbocycles. The summed E-state index contributed by atoms with van der Waals surface area (Å²) in [5.41, 5.74) is -1.78. The number of halogens is 3. The third-order valence-corrected chi connectivity index (χ3v) is 3.89. The number of furan rings is 1. The van der Waals surface area contributed by atoms with Gasteiger partial charge in [0.25, 0.3) is 5.56 Å². The van der Waals surface area contributed by atoms with E-state index in [0.717, 1.165) is 15.2 Å². The molecule has 3 rings (SSSR count). The Kier molecular flexibility index (Phi) is 4.57. The Morgan fingerprint density at radius 1 is 1.26 bits per heavy atom. The largest absolute Gasteiger partial charge is 0.481 e. The first-order valence-electron chi connectivity index (χ1n) is 7.68. The van der Waals surface area contributed by atoms with Crippen LogP contribution in [0, 0.1) is 12.3 Å². The summed E-state index contributed by atoms with van der Waals surface area (Å²) in [7, 11) is 1.17. The molecule has 140 valence electrons. The Labute approximate surface area is 150 Å². The Bertz CT molecular complexity index is 1160. The van der Waals surface area contributed by atoms with Gasteiger partial charge in [0, 0.05) is 24.2 Å². The lowest BCUT2D eigenvalue weighted by Crippen LogP contribution is -2.39. The number of rotatable bonds is 4. The van der Waals surface area contributed by atoms with Gasteiger partial charge < -0.3 is 9.15 Å². The summed E-state index contributed by atoms with van der Waals surface area (Å²) in [6, 6.07) is 5.48. The number of hydrogen-bond donors (Lipinski definition) is 0. The van der Waals surface area contributed by atoms with E-state index < -0.39 is 29.5 Å². The number of hydrogen-bond acceptors (Lipinski definition) is 4. The summed E-state index contributed by atoms with van der Waals surface area (Å²) in [6.07, 6.45) is 0.392. The van der Waals surface area contributed by atoms with Gasteiger partial charge in [-0.25, -0.2) is 9.36 Å². The minimum Gasteiger partial charge on any atom is -0.481 e. The molecule has 0 aliphatic carbocycles. The third-order valence-electron chi connectivity index (χ3n) is 3.89. The van der Waals surface area contributed by atoms with Gasteiger partial charge in [-0.1, -0.05) is 5.92 Å². The van der Waals surface area contributed by atoms with Crippen molar-refractivity contribution in [2.45, 2.75) is 12.6 Å². The normalized spacial score (nSPS) is 11.5. The molecular formula is C18H13F3N2O4. The van der Waals surface area contributed by atoms with E-state index in [-0.39, 0.29) is 12.3 Å². The number of benzene rings is 1. The highest BCUT2D eigenvalue weighted by molar-refractivity contribution is 5.87. The maximum absolute atomic E-state index is 12.6. The van der Waals surface area contributed by atoms with Crippen LogP contribution in [0.2, 0.25) is 0 Å². The molecule has 0 N–H and O–H groups in total. The molecule has 0 bridgehead atoms. The van der Waals surface area contributed by atoms with E-state index in [0.29, 0.717) is 16.7 Å². The van der Waals surface area contributed by atoms with Crippen LogP contribution >= 0.6 is 0 Å². The van der Waals surface area contributed by atoms with Crippen LogP contribution in [0.15, 0.2) is 44.5 Å². The van der Waals surface area contributed by atoms with Crippen molar-refractivity contribution in [2.24, 2.45) is 7.05 Å². The molecule has 0 saturated heterocycles. The van der Waals surface area contributed by atoms with Crippen molar-refractivity contribution in [2.75, 3.05) is 6.61 Å². The SMILES string of the molecule is C#CCOc1ccc2occ(-n3c(=O)cc(CC(F)(F)F)n(C)c3=O)c2c1. The zero-order valence-electron chi connectivity index (χ0n) is 14.0. The molecule has 0 unspecified atom stereocenters. The van der Waals surface area contributed by atoms with Crippen LogP contribution in [0.25, 0.3) is 16.7 Å². The summed E-state index contributed by atoms with van der Waals surface area (Å²) in [5.74, 6) is 2.70. The average Bonchev–Trinajstić information content (AvgIpc) is 2.99. The van der Waals surface area contributed by atoms with E-state index in [9.17, 15) is 22.8 Å². The van der Waals surface area contributed by atoms with Crippen LogP contribution in [0.1, 0.15) is 5.69 Å². The second-order valence-corrected chi connectivity index (χ2v) is 5.71. The summed E-state index contributed by atoms with van der Waals surface area (Å²) < 4.78 is 50.1. The molecule has 0 aliphatic heterocycles. The molecule has 2 heterocycles. The lowest BCUT2D eigenvalue weighted by Gasteiger charge is -2.12. The van der Waals surface area contributed by atoms with Gasteiger partial charge in [-0.3, -0.25) is 9.36 Å². The summed E-state index contributed by atoms with van der Waals surface area (Å²) in [6.45, 7) is 0.0204. The first-order chi connectivity index (χ1) is 12.7. The van der Waals surface area contributed by atoms with Gasteiger partial charge in [-0.15, -0.1) is 6.42 Å². The molecule has 0 spiro atoms. The predicted octanol–water partition coefficient (Wildman–Crippen LogP) is 2.40. The zero-order valence-corrected chi connectivity index (χ0v) is 14.0. The molecule has 9 heteroatoms. The van der Waals surface area contributed by atoms with Crippen LogP contribution < -0.4 is 16.0 Å². The minimum absolute atomic E-state index is 0.0204. The van der Waals surface area contributed by atoms with Crippen molar-refractivity contribution in [3.63, 3.8) is 0 Å². The molecule has 6 nitrogen and oxygen atoms in total. The van der Waals surface area contributed by atoms with Gasteiger partial charge in [0.05, 0.1) is 6.42 Å². The second-order valence-electron chi connectivity index (χ2n) is 5.71. The van der Waals surface area contributed by atoms with E-state index >= 15 is 0 Å². The third kappa shape index (κ3) is 3.60. The lowest BCUT2D eigenvalue weighted by atomic mass is 10.2. The Balaban J connectivity index is 2.17. The van der Waals surface area contributed by atoms with E-state index in [4.69, 9.17) is 15.6 Å². The van der Waals surface area contributed by atoms with E-state index in [1.54, 1.807) is 12.1 Å². The smallest absolute Gasteiger partial charge is 0.394 e. The molecule has 0 fully saturated rings. The van der Waals surface area contributed by atoms with Gasteiger partial charge in [-0.2, -0.15) is 13.2 Å². The molecule has 3 aromatic rings. The summed E-state index contributed by atoms with van der Waals surface area (Å²) in [4.78, 5) is 24.9. The van der Waals surface area contributed by atoms with Crippen LogP contribution in [0.5, 0.6) is 5.75 Å². The quantitative estimate of drug-likeness (QED) is 0.654. The topological polar surface area (TPSA) is 66.4 Å². The fourth-order valence-corrected chi connectivity index (χ4v) is 2.65. The summed E-state index contributed by atoms with van der Waals surface area (Å²) in [5, 5.41) is 0.382. The van der Waals surface area contributed by atoms with Crippen LogP contribution in [0.4, 0.5) is 13.2 Å². The van der Waals surface area contributed by atoms with E-state index in [2.05, 4.69) is 5.92 Å². The van der Waals surface area contributed by atoms with Crippen molar-refractivity contribution in [1.82, 2.24) is 9.13 Å². The van der Waals surface area contributed by atoms with Gasteiger partial charge in [0.15, 0.2) is 0 Å². The highest BCUT2D eigenvalue weighted by Crippen LogP contribution is 2.27. The fourth-order valence-electron chi connectivity index (χ4n) is 2.65. The number of fused-ring (bicyclic) bond motifs is 1. The maximum atomic E-state index is 12.6. The van der Waals surface area contributed by atoms with Crippen molar-refractivity contribution < 1.29 is 22.3 Å². The van der Waals surface area contributed by atoms with Crippen molar-refractivity contribution in [3.8, 4) is 23.8 Å². The second kappa shape index (κ2) is 6.72. The number of aromatic nitrogens is 2. The first kappa shape index (κ1) is 18.4. The van der Waals surface area contributed by atoms with Crippen molar-refractivity contribution in [1.29, 1.82) is 0 Å². The molecule has 0 aliphatic rings. The lowest BCUT2D eigenvalue weighted by molar-refractivity contribution is -0.128. The molecule has 0 amide bonds. The number of alkyl halides is 3. The highest BCUT2D eigenvalue weighted by atomic mass is 19.4. The van der Waals surface area contributed by atoms with Gasteiger partial charge in [-0.05, 0) is 18.2 Å². The fraction of sp³-hybridized carbons (Fsp3) is 0.222. The van der Waals surface area contributed by atoms with Gasteiger partial charge >= 0.3 is 11.9 Å². The van der Waals surface area contributed by atoms with Gasteiger partial charge in [0.2, 0.25) is 0 Å². The van der Waals surface area contributed by atoms with E-state index in [1.807, 2.05) is 0 Å². The first-order valence-corrected chi connectivity index (χ1v) is 7.68.